The van der Waals surface area contributed by atoms with Gasteiger partial charge in [-0.15, -0.1) is 0 Å². The van der Waals surface area contributed by atoms with E-state index >= 15 is 0 Å². The van der Waals surface area contributed by atoms with Gasteiger partial charge in [-0.05, 0) is 44.4 Å². The zero-order valence-electron chi connectivity index (χ0n) is 18.1. The Kier molecular flexibility index (Phi) is 1.71. The van der Waals surface area contributed by atoms with Crippen molar-refractivity contribution in [1.29, 1.82) is 1.43 Å². The molecule has 5 nitrogen and oxygen atoms in total. The zero-order chi connectivity index (χ0) is 20.2. The van der Waals surface area contributed by atoms with Gasteiger partial charge in [0.1, 0.15) is 0 Å². The van der Waals surface area contributed by atoms with Gasteiger partial charge in [0.15, 0.2) is 23.4 Å². The number of hydrogen-bond acceptors (Lipinski definition) is 5. The highest BCUT2D eigenvalue weighted by Gasteiger charge is 2.72. The number of piperidine rings is 1. The number of carbonyl (C=O) groups is 1. The lowest BCUT2D eigenvalue weighted by molar-refractivity contribution is -0.185. The Morgan fingerprint density at radius 2 is 2.43 bits per heavy atom. The van der Waals surface area contributed by atoms with E-state index in [1.54, 1.807) is 7.05 Å². The van der Waals surface area contributed by atoms with E-state index < -0.39 is 29.5 Å². The van der Waals surface area contributed by atoms with Crippen molar-refractivity contribution >= 4 is 5.78 Å². The van der Waals surface area contributed by atoms with Gasteiger partial charge in [-0.2, -0.15) is 0 Å². The lowest BCUT2D eigenvalue weighted by Gasteiger charge is -2.62. The van der Waals surface area contributed by atoms with Crippen molar-refractivity contribution in [2.45, 2.75) is 48.8 Å². The first kappa shape index (κ1) is 9.64. The molecule has 23 heavy (non-hydrogen) atoms. The second kappa shape index (κ2) is 4.08. The summed E-state index contributed by atoms with van der Waals surface area (Å²) in [5, 5.41) is 5.39. The summed E-state index contributed by atoms with van der Waals surface area (Å²) in [5.41, 5.74) is -1.89. The van der Waals surface area contributed by atoms with Crippen LogP contribution < -0.4 is 9.47 Å². The molecule has 2 aliphatic carbocycles. The first-order valence-electron chi connectivity index (χ1n) is 10.4. The van der Waals surface area contributed by atoms with Gasteiger partial charge in [-0.25, -0.2) is 0 Å². The molecule has 1 saturated heterocycles. The van der Waals surface area contributed by atoms with Gasteiger partial charge in [-0.1, -0.05) is 6.04 Å². The molecule has 1 aromatic rings. The number of likely N-dealkylation sites (N-methyl/N-ethyl adjacent to an activating group) is 1. The van der Waals surface area contributed by atoms with Gasteiger partial charge in [0, 0.05) is 20.8 Å². The Balaban J connectivity index is 1.99. The highest BCUT2D eigenvalue weighted by molar-refractivity contribution is 5.90. The van der Waals surface area contributed by atoms with E-state index in [0.29, 0.717) is 18.5 Å². The smallest absolute Gasteiger partial charge is 0.211 e. The van der Waals surface area contributed by atoms with Crippen LogP contribution in [0.15, 0.2) is 12.1 Å². The SMILES string of the molecule is [2H]O[C@@]12CCC(=O)C3Oc4c(OC)c([2H])c([2H])c5c4[C@@]31CCN(C)[C@@H]2C5([2H])[2H]. The molecule has 2 fully saturated rings. The summed E-state index contributed by atoms with van der Waals surface area (Å²) < 4.78 is 54.3. The second-order valence-corrected chi connectivity index (χ2v) is 6.96. The molecular formula is C18H21NO4. The molecule has 0 amide bonds. The number of nitrogens with zero attached hydrogens (tertiary/aromatic N) is 1. The van der Waals surface area contributed by atoms with Crippen LogP contribution in [0.5, 0.6) is 11.5 Å². The summed E-state index contributed by atoms with van der Waals surface area (Å²) in [6.07, 6.45) is -2.23. The van der Waals surface area contributed by atoms with Gasteiger partial charge in [0.25, 0.3) is 0 Å². The standard InChI is InChI=1S/C18H21NO4/c1-19-8-7-17-14-10-3-4-12(22-2)15(14)23-16(17)11(20)5-6-18(17,21)13(19)9-10/h3-4,13,16,21H,5-9H2,1-2H3/t13-,16?,17+,18-/m1/s1/i3D,4D,9D2,21D. The Bertz CT molecular complexity index is 924. The number of hydrogen-bond donors (Lipinski definition) is 1. The molecular weight excluding hydrogens is 294 g/mol. The summed E-state index contributed by atoms with van der Waals surface area (Å²) in [6.45, 7) is 0.500. The molecule has 2 aliphatic heterocycles. The minimum absolute atomic E-state index is 0.0346. The van der Waals surface area contributed by atoms with Gasteiger partial charge in [0.2, 0.25) is 1.43 Å². The molecule has 1 saturated carbocycles. The fourth-order valence-corrected chi connectivity index (χ4v) is 5.09. The molecule has 4 aliphatic rings. The van der Waals surface area contributed by atoms with Crippen LogP contribution in [-0.4, -0.2) is 55.7 Å². The van der Waals surface area contributed by atoms with Gasteiger partial charge >= 0.3 is 0 Å². The Labute approximate surface area is 142 Å². The van der Waals surface area contributed by atoms with Crippen molar-refractivity contribution < 1.29 is 24.9 Å². The van der Waals surface area contributed by atoms with Crippen LogP contribution in [0.4, 0.5) is 0 Å². The number of Topliss-reactive ketones (excluding diaryl/α,β-unsaturated/α-hetero) is 1. The highest BCUT2D eigenvalue weighted by Crippen LogP contribution is 2.64. The van der Waals surface area contributed by atoms with E-state index in [1.165, 1.54) is 7.11 Å². The van der Waals surface area contributed by atoms with E-state index in [4.69, 9.17) is 21.5 Å². The Morgan fingerprint density at radius 1 is 1.57 bits per heavy atom. The summed E-state index contributed by atoms with van der Waals surface area (Å²) in [4.78, 5) is 14.7. The minimum Gasteiger partial charge on any atom is -0.493 e. The molecule has 1 N–H and O–H groups in total. The number of likely N-dealkylation sites (tertiary alicyclic amines) is 1. The minimum atomic E-state index is -2.07. The van der Waals surface area contributed by atoms with Crippen LogP contribution in [0.1, 0.15) is 35.9 Å². The number of ether oxygens (including phenoxy) is 2. The lowest BCUT2D eigenvalue weighted by atomic mass is 9.49. The third-order valence-electron chi connectivity index (χ3n) is 6.13. The monoisotopic (exact) mass is 320 g/mol. The van der Waals surface area contributed by atoms with E-state index in [2.05, 4.69) is 0 Å². The largest absolute Gasteiger partial charge is 0.493 e. The summed E-state index contributed by atoms with van der Waals surface area (Å²) in [7, 11) is 3.14. The molecule has 1 aromatic carbocycles. The first-order valence-corrected chi connectivity index (χ1v) is 7.95. The average molecular weight is 320 g/mol. The topological polar surface area (TPSA) is 59.0 Å². The van der Waals surface area contributed by atoms with Gasteiger partial charge in [-0.3, -0.25) is 4.79 Å². The van der Waals surface area contributed by atoms with Crippen LogP contribution in [0, 0.1) is 0 Å². The fraction of sp³-hybridized carbons (Fsp3) is 0.611. The molecule has 0 radical (unpaired) electrons. The van der Waals surface area contributed by atoms with E-state index in [9.17, 15) is 4.79 Å². The van der Waals surface area contributed by atoms with E-state index in [-0.39, 0.29) is 47.8 Å². The molecule has 0 aromatic heterocycles. The van der Waals surface area contributed by atoms with E-state index in [1.807, 2.05) is 4.90 Å². The van der Waals surface area contributed by atoms with Gasteiger partial charge < -0.3 is 19.5 Å². The van der Waals surface area contributed by atoms with Crippen molar-refractivity contribution in [2.24, 2.45) is 0 Å². The van der Waals surface area contributed by atoms with Gasteiger partial charge in [0.05, 0.1) is 20.9 Å². The average Bonchev–Trinajstić information content (AvgIpc) is 2.98. The number of benzene rings is 1. The van der Waals surface area contributed by atoms with Crippen molar-refractivity contribution in [3.8, 4) is 11.5 Å². The first-order chi connectivity index (χ1) is 13.2. The quantitative estimate of drug-likeness (QED) is 0.883. The third kappa shape index (κ3) is 1.32. The number of carbonyl (C=O) groups excluding carboxylic acids is 1. The molecule has 1 unspecified atom stereocenters. The molecule has 2 bridgehead atoms. The second-order valence-electron chi connectivity index (χ2n) is 6.96. The zero-order valence-corrected chi connectivity index (χ0v) is 13.1. The van der Waals surface area contributed by atoms with Crippen LogP contribution in [0.2, 0.25) is 0 Å². The van der Waals surface area contributed by atoms with E-state index in [0.717, 1.165) is 0 Å². The Hall–Kier alpha value is -1.59. The summed E-state index contributed by atoms with van der Waals surface area (Å²) >= 11 is 0. The normalized spacial score (nSPS) is 45.8. The molecule has 5 heteroatoms. The molecule has 2 heterocycles. The number of aliphatic hydroxyl groups is 1. The summed E-state index contributed by atoms with van der Waals surface area (Å²) in [6, 6.07) is -1.40. The molecule has 4 atom stereocenters. The maximum atomic E-state index is 12.9. The van der Waals surface area contributed by atoms with Crippen LogP contribution in [0.25, 0.3) is 0 Å². The Morgan fingerprint density at radius 3 is 3.22 bits per heavy atom. The predicted molar refractivity (Wildman–Crippen MR) is 83.0 cm³/mol. The van der Waals surface area contributed by atoms with Crippen LogP contribution >= 0.6 is 0 Å². The predicted octanol–water partition coefficient (Wildman–Crippen LogP) is 1.05. The maximum Gasteiger partial charge on any atom is 0.211 e. The van der Waals surface area contributed by atoms with Crippen LogP contribution in [-0.2, 0) is 16.6 Å². The third-order valence-corrected chi connectivity index (χ3v) is 6.13. The summed E-state index contributed by atoms with van der Waals surface area (Å²) in [5.74, 6) is 0.0696. The van der Waals surface area contributed by atoms with Crippen molar-refractivity contribution in [3.05, 3.63) is 23.2 Å². The van der Waals surface area contributed by atoms with Crippen LogP contribution in [0.3, 0.4) is 0 Å². The van der Waals surface area contributed by atoms with Crippen molar-refractivity contribution in [3.63, 3.8) is 0 Å². The number of methoxy groups -OCH3 is 1. The maximum absolute atomic E-state index is 12.9. The number of ketones is 1. The molecule has 1 spiro atoms. The lowest BCUT2D eigenvalue weighted by Crippen LogP contribution is -2.76. The van der Waals surface area contributed by atoms with Crippen molar-refractivity contribution in [1.82, 2.24) is 4.90 Å². The molecule has 122 valence electrons. The number of rotatable bonds is 2. The van der Waals surface area contributed by atoms with Crippen molar-refractivity contribution in [2.75, 3.05) is 20.7 Å². The fourth-order valence-electron chi connectivity index (χ4n) is 5.09. The highest BCUT2D eigenvalue weighted by atomic mass is 16.5. The molecule has 5 rings (SSSR count).